The molecule has 0 radical (unpaired) electrons. The first kappa shape index (κ1) is 14.0. The Labute approximate surface area is 118 Å². The summed E-state index contributed by atoms with van der Waals surface area (Å²) in [6.07, 6.45) is 0. The summed E-state index contributed by atoms with van der Waals surface area (Å²) < 4.78 is 16.4. The van der Waals surface area contributed by atoms with Gasteiger partial charge in [0.25, 0.3) is 0 Å². The highest BCUT2D eigenvalue weighted by atomic mass is 16.5. The highest BCUT2D eigenvalue weighted by Gasteiger charge is 2.13. The molecule has 1 N–H and O–H groups in total. The Hall–Kier alpha value is -2.43. The van der Waals surface area contributed by atoms with E-state index in [-0.39, 0.29) is 0 Å². The molecule has 0 aliphatic carbocycles. The Morgan fingerprint density at radius 3 is 2.25 bits per heavy atom. The average molecular weight is 274 g/mol. The van der Waals surface area contributed by atoms with Crippen molar-refractivity contribution in [1.29, 1.82) is 0 Å². The molecular formula is C15H18N2O3. The fourth-order valence-corrected chi connectivity index (χ4v) is 1.77. The van der Waals surface area contributed by atoms with Crippen LogP contribution in [0.5, 0.6) is 23.1 Å². The maximum absolute atomic E-state index is 5.81. The highest BCUT2D eigenvalue weighted by molar-refractivity contribution is 5.52. The first-order valence-electron chi connectivity index (χ1n) is 6.38. The zero-order chi connectivity index (χ0) is 14.4. The molecule has 0 unspecified atom stereocenters. The lowest BCUT2D eigenvalue weighted by Crippen LogP contribution is -2.00. The van der Waals surface area contributed by atoms with Crippen molar-refractivity contribution in [1.82, 2.24) is 4.98 Å². The predicted molar refractivity (Wildman–Crippen MR) is 78.0 cm³/mol. The minimum absolute atomic E-state index is 0.478. The topological polar surface area (TPSA) is 52.6 Å². The summed E-state index contributed by atoms with van der Waals surface area (Å²) in [5, 5.41) is 3.14. The van der Waals surface area contributed by atoms with Crippen molar-refractivity contribution in [2.24, 2.45) is 0 Å². The van der Waals surface area contributed by atoms with Crippen LogP contribution < -0.4 is 19.5 Å². The van der Waals surface area contributed by atoms with Crippen molar-refractivity contribution in [2.75, 3.05) is 26.1 Å². The standard InChI is InChI=1S/C15H18N2O3/c1-4-16-13-9-6-10-14(17-13)20-15-11(18-2)7-5-8-12(15)19-3/h5-10H,4H2,1-3H3,(H,16,17). The van der Waals surface area contributed by atoms with Crippen LogP contribution in [-0.4, -0.2) is 25.7 Å². The van der Waals surface area contributed by atoms with Gasteiger partial charge in [-0.1, -0.05) is 12.1 Å². The molecule has 0 saturated carbocycles. The molecule has 1 aromatic heterocycles. The van der Waals surface area contributed by atoms with Gasteiger partial charge in [0.05, 0.1) is 14.2 Å². The van der Waals surface area contributed by atoms with Crippen LogP contribution in [0.2, 0.25) is 0 Å². The van der Waals surface area contributed by atoms with Crippen LogP contribution in [0.3, 0.4) is 0 Å². The van der Waals surface area contributed by atoms with Crippen LogP contribution in [0.4, 0.5) is 5.82 Å². The first-order valence-corrected chi connectivity index (χ1v) is 6.38. The van der Waals surface area contributed by atoms with Gasteiger partial charge in [0.2, 0.25) is 11.6 Å². The van der Waals surface area contributed by atoms with Crippen LogP contribution in [-0.2, 0) is 0 Å². The zero-order valence-electron chi connectivity index (χ0n) is 11.8. The van der Waals surface area contributed by atoms with Crippen LogP contribution in [0.15, 0.2) is 36.4 Å². The summed E-state index contributed by atoms with van der Waals surface area (Å²) in [4.78, 5) is 4.36. The van der Waals surface area contributed by atoms with E-state index in [1.54, 1.807) is 20.3 Å². The van der Waals surface area contributed by atoms with Gasteiger partial charge in [0, 0.05) is 12.6 Å². The second-order valence-corrected chi connectivity index (χ2v) is 3.99. The number of ether oxygens (including phenoxy) is 3. The van der Waals surface area contributed by atoms with E-state index in [1.807, 2.05) is 37.3 Å². The Morgan fingerprint density at radius 2 is 1.65 bits per heavy atom. The van der Waals surface area contributed by atoms with E-state index in [1.165, 1.54) is 0 Å². The summed E-state index contributed by atoms with van der Waals surface area (Å²) in [7, 11) is 3.17. The zero-order valence-corrected chi connectivity index (χ0v) is 11.8. The molecule has 0 amide bonds. The molecule has 0 saturated heterocycles. The summed E-state index contributed by atoms with van der Waals surface area (Å²) >= 11 is 0. The highest BCUT2D eigenvalue weighted by Crippen LogP contribution is 2.39. The number of aromatic nitrogens is 1. The molecule has 1 heterocycles. The molecule has 0 aliphatic rings. The summed E-state index contributed by atoms with van der Waals surface area (Å²) in [6.45, 7) is 2.81. The number of nitrogens with one attached hydrogen (secondary N) is 1. The molecule has 20 heavy (non-hydrogen) atoms. The lowest BCUT2D eigenvalue weighted by molar-refractivity contribution is 0.342. The number of nitrogens with zero attached hydrogens (tertiary/aromatic N) is 1. The summed E-state index contributed by atoms with van der Waals surface area (Å²) in [5.41, 5.74) is 0. The minimum Gasteiger partial charge on any atom is -0.493 e. The SMILES string of the molecule is CCNc1cccc(Oc2c(OC)cccc2OC)n1. The van der Waals surface area contributed by atoms with E-state index < -0.39 is 0 Å². The largest absolute Gasteiger partial charge is 0.493 e. The molecule has 0 aliphatic heterocycles. The summed E-state index contributed by atoms with van der Waals surface area (Å²) in [6, 6.07) is 11.0. The molecule has 5 nitrogen and oxygen atoms in total. The fraction of sp³-hybridized carbons (Fsp3) is 0.267. The lowest BCUT2D eigenvalue weighted by Gasteiger charge is -2.13. The van der Waals surface area contributed by atoms with Gasteiger partial charge in [-0.15, -0.1) is 0 Å². The third kappa shape index (κ3) is 3.12. The van der Waals surface area contributed by atoms with E-state index in [0.29, 0.717) is 23.1 Å². The van der Waals surface area contributed by atoms with Crippen molar-refractivity contribution < 1.29 is 14.2 Å². The molecule has 2 rings (SSSR count). The number of hydrogen-bond acceptors (Lipinski definition) is 5. The van der Waals surface area contributed by atoms with Gasteiger partial charge in [-0.3, -0.25) is 0 Å². The predicted octanol–water partition coefficient (Wildman–Crippen LogP) is 3.32. The number of pyridine rings is 1. The van der Waals surface area contributed by atoms with Gasteiger partial charge in [-0.25, -0.2) is 0 Å². The Balaban J connectivity index is 2.31. The van der Waals surface area contributed by atoms with Gasteiger partial charge in [-0.05, 0) is 25.1 Å². The minimum atomic E-state index is 0.478. The number of anilines is 1. The maximum atomic E-state index is 5.81. The second kappa shape index (κ2) is 6.65. The van der Waals surface area contributed by atoms with E-state index in [9.17, 15) is 0 Å². The molecular weight excluding hydrogens is 256 g/mol. The van der Waals surface area contributed by atoms with Crippen molar-refractivity contribution in [2.45, 2.75) is 6.92 Å². The van der Waals surface area contributed by atoms with Crippen molar-refractivity contribution in [3.05, 3.63) is 36.4 Å². The van der Waals surface area contributed by atoms with Gasteiger partial charge >= 0.3 is 0 Å². The Bertz CT molecular complexity index is 551. The van der Waals surface area contributed by atoms with E-state index in [4.69, 9.17) is 14.2 Å². The van der Waals surface area contributed by atoms with Gasteiger partial charge in [-0.2, -0.15) is 4.98 Å². The van der Waals surface area contributed by atoms with Crippen LogP contribution in [0, 0.1) is 0 Å². The van der Waals surface area contributed by atoms with Gasteiger partial charge < -0.3 is 19.5 Å². The van der Waals surface area contributed by atoms with Crippen molar-refractivity contribution in [3.8, 4) is 23.1 Å². The van der Waals surface area contributed by atoms with Gasteiger partial charge in [0.1, 0.15) is 5.82 Å². The molecule has 0 atom stereocenters. The normalized spacial score (nSPS) is 9.95. The third-order valence-electron chi connectivity index (χ3n) is 2.67. The monoisotopic (exact) mass is 274 g/mol. The molecule has 0 bridgehead atoms. The molecule has 0 spiro atoms. The van der Waals surface area contributed by atoms with Crippen LogP contribution in [0.1, 0.15) is 6.92 Å². The fourth-order valence-electron chi connectivity index (χ4n) is 1.77. The first-order chi connectivity index (χ1) is 9.78. The lowest BCUT2D eigenvalue weighted by atomic mass is 10.3. The molecule has 2 aromatic rings. The quantitative estimate of drug-likeness (QED) is 0.875. The number of methoxy groups -OCH3 is 2. The average Bonchev–Trinajstić information content (AvgIpc) is 2.48. The Morgan fingerprint density at radius 1 is 1.00 bits per heavy atom. The number of benzene rings is 1. The molecule has 5 heteroatoms. The molecule has 106 valence electrons. The number of para-hydroxylation sites is 1. The molecule has 0 fully saturated rings. The van der Waals surface area contributed by atoms with E-state index >= 15 is 0 Å². The van der Waals surface area contributed by atoms with Crippen molar-refractivity contribution in [3.63, 3.8) is 0 Å². The smallest absolute Gasteiger partial charge is 0.221 e. The molecule has 1 aromatic carbocycles. The maximum Gasteiger partial charge on any atom is 0.221 e. The van der Waals surface area contributed by atoms with Crippen molar-refractivity contribution >= 4 is 5.82 Å². The van der Waals surface area contributed by atoms with E-state index in [0.717, 1.165) is 12.4 Å². The number of rotatable bonds is 6. The van der Waals surface area contributed by atoms with Crippen LogP contribution in [0.25, 0.3) is 0 Å². The third-order valence-corrected chi connectivity index (χ3v) is 2.67. The van der Waals surface area contributed by atoms with E-state index in [2.05, 4.69) is 10.3 Å². The second-order valence-electron chi connectivity index (χ2n) is 3.99. The van der Waals surface area contributed by atoms with Crippen LogP contribution >= 0.6 is 0 Å². The number of hydrogen-bond donors (Lipinski definition) is 1. The Kier molecular flexibility index (Phi) is 4.65. The van der Waals surface area contributed by atoms with Gasteiger partial charge in [0.15, 0.2) is 11.5 Å². The summed E-state index contributed by atoms with van der Waals surface area (Å²) in [5.74, 6) is 2.95.